The van der Waals surface area contributed by atoms with Gasteiger partial charge in [-0.3, -0.25) is 0 Å². The van der Waals surface area contributed by atoms with Crippen LogP contribution >= 0.6 is 11.5 Å². The summed E-state index contributed by atoms with van der Waals surface area (Å²) in [5.74, 6) is 0.524. The molecule has 0 unspecified atom stereocenters. The van der Waals surface area contributed by atoms with Gasteiger partial charge in [-0.25, -0.2) is 4.39 Å². The van der Waals surface area contributed by atoms with E-state index in [-0.39, 0.29) is 6.67 Å². The van der Waals surface area contributed by atoms with Crippen molar-refractivity contribution in [3.05, 3.63) is 5.56 Å². The molecule has 0 spiro atoms. The van der Waals surface area contributed by atoms with Crippen molar-refractivity contribution < 1.29 is 4.39 Å². The highest BCUT2D eigenvalue weighted by atomic mass is 32.1. The van der Waals surface area contributed by atoms with Crippen LogP contribution < -0.4 is 11.1 Å². The monoisotopic (exact) mass is 175 g/mol. The molecule has 62 valence electrons. The molecule has 0 aliphatic rings. The third kappa shape index (κ3) is 1.80. The van der Waals surface area contributed by atoms with Gasteiger partial charge in [0.05, 0.1) is 0 Å². The molecule has 1 aromatic heterocycles. The smallest absolute Gasteiger partial charge is 0.142 e. The quantitative estimate of drug-likeness (QED) is 0.730. The third-order valence-corrected chi connectivity index (χ3v) is 2.26. The second kappa shape index (κ2) is 3.52. The van der Waals surface area contributed by atoms with E-state index in [1.165, 1.54) is 11.5 Å². The van der Waals surface area contributed by atoms with Crippen LogP contribution in [-0.2, 0) is 0 Å². The summed E-state index contributed by atoms with van der Waals surface area (Å²) in [5, 5.41) is 3.75. The molecule has 3 N–H and O–H groups in total. The number of alkyl halides is 1. The van der Waals surface area contributed by atoms with Gasteiger partial charge >= 0.3 is 0 Å². The second-order valence-corrected chi connectivity index (χ2v) is 2.91. The average Bonchev–Trinajstić information content (AvgIpc) is 2.31. The lowest BCUT2D eigenvalue weighted by atomic mass is 10.3. The number of rotatable bonds is 3. The minimum absolute atomic E-state index is 0.322. The molecule has 0 saturated heterocycles. The normalized spacial score (nSPS) is 10.0. The van der Waals surface area contributed by atoms with Gasteiger partial charge in [-0.05, 0) is 18.5 Å². The topological polar surface area (TPSA) is 50.9 Å². The Bertz CT molecular complexity index is 236. The number of halogens is 1. The van der Waals surface area contributed by atoms with Crippen LogP contribution in [0.4, 0.5) is 15.2 Å². The number of hydrogen-bond acceptors (Lipinski definition) is 4. The van der Waals surface area contributed by atoms with Crippen molar-refractivity contribution in [2.24, 2.45) is 0 Å². The van der Waals surface area contributed by atoms with Crippen molar-refractivity contribution >= 4 is 22.4 Å². The van der Waals surface area contributed by atoms with Gasteiger partial charge < -0.3 is 11.1 Å². The lowest BCUT2D eigenvalue weighted by molar-refractivity contribution is 0.513. The fourth-order valence-electron chi connectivity index (χ4n) is 0.674. The molecular weight excluding hydrogens is 165 g/mol. The van der Waals surface area contributed by atoms with Gasteiger partial charge in [0.2, 0.25) is 0 Å². The Morgan fingerprint density at radius 2 is 2.45 bits per heavy atom. The molecule has 11 heavy (non-hydrogen) atoms. The van der Waals surface area contributed by atoms with Gasteiger partial charge in [0.25, 0.3) is 0 Å². The first-order valence-corrected chi connectivity index (χ1v) is 4.04. The molecule has 0 aromatic carbocycles. The second-order valence-electron chi connectivity index (χ2n) is 2.14. The Hall–Kier alpha value is -0.840. The molecule has 5 heteroatoms. The summed E-state index contributed by atoms with van der Waals surface area (Å²) in [5.41, 5.74) is 6.38. The minimum atomic E-state index is -0.378. The van der Waals surface area contributed by atoms with Crippen LogP contribution in [0.5, 0.6) is 0 Å². The molecule has 1 heterocycles. The van der Waals surface area contributed by atoms with Crippen LogP contribution in [0.2, 0.25) is 0 Å². The molecule has 0 atom stereocenters. The van der Waals surface area contributed by atoms with E-state index in [2.05, 4.69) is 9.69 Å². The van der Waals surface area contributed by atoms with Crippen LogP contribution in [0.1, 0.15) is 5.56 Å². The van der Waals surface area contributed by atoms with E-state index in [0.717, 1.165) is 10.6 Å². The number of nitrogens with zero attached hydrogens (tertiary/aromatic N) is 1. The van der Waals surface area contributed by atoms with Crippen molar-refractivity contribution in [1.29, 1.82) is 0 Å². The first-order valence-electron chi connectivity index (χ1n) is 3.27. The number of hydrogen-bond donors (Lipinski definition) is 2. The van der Waals surface area contributed by atoms with E-state index < -0.39 is 0 Å². The van der Waals surface area contributed by atoms with Crippen molar-refractivity contribution in [3.63, 3.8) is 0 Å². The van der Waals surface area contributed by atoms with Gasteiger partial charge in [-0.1, -0.05) is 0 Å². The summed E-state index contributed by atoms with van der Waals surface area (Å²) in [7, 11) is 0. The molecule has 0 radical (unpaired) electrons. The van der Waals surface area contributed by atoms with Gasteiger partial charge in [0.1, 0.15) is 17.5 Å². The number of nitrogens with one attached hydrogen (secondary N) is 1. The highest BCUT2D eigenvalue weighted by Gasteiger charge is 2.04. The molecule has 0 aliphatic heterocycles. The molecule has 0 amide bonds. The van der Waals surface area contributed by atoms with E-state index in [1.54, 1.807) is 0 Å². The Kier molecular flexibility index (Phi) is 2.64. The molecular formula is C6H10FN3S. The molecule has 3 nitrogen and oxygen atoms in total. The highest BCUT2D eigenvalue weighted by molar-refractivity contribution is 7.10. The molecule has 0 aliphatic carbocycles. The van der Waals surface area contributed by atoms with Crippen molar-refractivity contribution in [3.8, 4) is 0 Å². The lowest BCUT2D eigenvalue weighted by Gasteiger charge is -1.98. The standard InChI is InChI=1S/C6H10FN3S/c1-4-5(8)10-11-6(4)9-3-2-7/h9H,2-3H2,1H3,(H2,8,10). The minimum Gasteiger partial charge on any atom is -0.383 e. The van der Waals surface area contributed by atoms with E-state index >= 15 is 0 Å². The van der Waals surface area contributed by atoms with Crippen LogP contribution in [-0.4, -0.2) is 17.6 Å². The van der Waals surface area contributed by atoms with E-state index in [4.69, 9.17) is 5.73 Å². The van der Waals surface area contributed by atoms with E-state index in [0.29, 0.717) is 12.4 Å². The summed E-state index contributed by atoms with van der Waals surface area (Å²) in [6.45, 7) is 1.80. The number of nitrogens with two attached hydrogens (primary N) is 1. The van der Waals surface area contributed by atoms with Crippen LogP contribution in [0.3, 0.4) is 0 Å². The lowest BCUT2D eigenvalue weighted by Crippen LogP contribution is -2.02. The van der Waals surface area contributed by atoms with Gasteiger partial charge in [-0.2, -0.15) is 4.37 Å². The molecule has 0 fully saturated rings. The maximum absolute atomic E-state index is 11.7. The summed E-state index contributed by atoms with van der Waals surface area (Å²) in [6, 6.07) is 0. The fraction of sp³-hybridized carbons (Fsp3) is 0.500. The zero-order valence-electron chi connectivity index (χ0n) is 6.22. The van der Waals surface area contributed by atoms with Crippen LogP contribution in [0.15, 0.2) is 0 Å². The Morgan fingerprint density at radius 3 is 2.91 bits per heavy atom. The maximum atomic E-state index is 11.7. The Balaban J connectivity index is 2.63. The van der Waals surface area contributed by atoms with Crippen molar-refractivity contribution in [1.82, 2.24) is 4.37 Å². The summed E-state index contributed by atoms with van der Waals surface area (Å²) in [6.07, 6.45) is 0. The molecule has 1 aromatic rings. The predicted molar refractivity (Wildman–Crippen MR) is 45.7 cm³/mol. The van der Waals surface area contributed by atoms with Crippen LogP contribution in [0.25, 0.3) is 0 Å². The summed E-state index contributed by atoms with van der Waals surface area (Å²) >= 11 is 1.26. The van der Waals surface area contributed by atoms with E-state index in [1.807, 2.05) is 6.92 Å². The molecule has 0 bridgehead atoms. The average molecular weight is 175 g/mol. The number of anilines is 2. The van der Waals surface area contributed by atoms with E-state index in [9.17, 15) is 4.39 Å². The largest absolute Gasteiger partial charge is 0.383 e. The Labute approximate surface area is 68.6 Å². The van der Waals surface area contributed by atoms with Crippen molar-refractivity contribution in [2.45, 2.75) is 6.92 Å². The van der Waals surface area contributed by atoms with Gasteiger partial charge in [0, 0.05) is 12.1 Å². The SMILES string of the molecule is Cc1c(N)nsc1NCCF. The van der Waals surface area contributed by atoms with Gasteiger partial charge in [0.15, 0.2) is 0 Å². The zero-order chi connectivity index (χ0) is 8.27. The maximum Gasteiger partial charge on any atom is 0.142 e. The third-order valence-electron chi connectivity index (χ3n) is 1.34. The number of aromatic nitrogens is 1. The predicted octanol–water partition coefficient (Wildman–Crippen LogP) is 1.42. The van der Waals surface area contributed by atoms with Crippen LogP contribution in [0, 0.1) is 6.92 Å². The Morgan fingerprint density at radius 1 is 1.73 bits per heavy atom. The summed E-state index contributed by atoms with van der Waals surface area (Å²) < 4.78 is 15.6. The van der Waals surface area contributed by atoms with Gasteiger partial charge in [-0.15, -0.1) is 0 Å². The summed E-state index contributed by atoms with van der Waals surface area (Å²) in [4.78, 5) is 0. The molecule has 1 rings (SSSR count). The number of nitrogen functional groups attached to an aromatic ring is 1. The zero-order valence-corrected chi connectivity index (χ0v) is 7.04. The molecule has 0 saturated carbocycles. The first-order chi connectivity index (χ1) is 5.25. The first kappa shape index (κ1) is 8.26. The van der Waals surface area contributed by atoms with Crippen molar-refractivity contribution in [2.75, 3.05) is 24.3 Å². The highest BCUT2D eigenvalue weighted by Crippen LogP contribution is 2.24. The fourth-order valence-corrected chi connectivity index (χ4v) is 1.41.